The molecule has 2 heterocycles. The summed E-state index contributed by atoms with van der Waals surface area (Å²) in [6.07, 6.45) is 2.79. The normalized spacial score (nSPS) is 12.4. The Balaban J connectivity index is 0.000000215. The summed E-state index contributed by atoms with van der Waals surface area (Å²) in [5, 5.41) is 26.9. The number of aliphatic carboxylic acids is 1. The highest BCUT2D eigenvalue weighted by molar-refractivity contribution is 5.83. The van der Waals surface area contributed by atoms with E-state index in [2.05, 4.69) is 28.2 Å². The summed E-state index contributed by atoms with van der Waals surface area (Å²) in [5.41, 5.74) is 11.6. The van der Waals surface area contributed by atoms with Crippen LogP contribution in [0.25, 0.3) is 22.1 Å². The van der Waals surface area contributed by atoms with Crippen LogP contribution < -0.4 is 5.73 Å². The fourth-order valence-corrected chi connectivity index (χ4v) is 6.61. The minimum atomic E-state index is -1.14. The van der Waals surface area contributed by atoms with Crippen LogP contribution in [0.5, 0.6) is 0 Å². The summed E-state index contributed by atoms with van der Waals surface area (Å²) in [7, 11) is 0. The van der Waals surface area contributed by atoms with Crippen molar-refractivity contribution in [2.45, 2.75) is 97.7 Å². The number of nitriles is 2. The van der Waals surface area contributed by atoms with Gasteiger partial charge in [0.2, 0.25) is 0 Å². The molecule has 0 amide bonds. The Hall–Kier alpha value is -6.38. The summed E-state index contributed by atoms with van der Waals surface area (Å²) in [4.78, 5) is 30.9. The van der Waals surface area contributed by atoms with Gasteiger partial charge in [-0.15, -0.1) is 0 Å². The maximum absolute atomic E-state index is 14.1. The summed E-state index contributed by atoms with van der Waals surface area (Å²) in [5.74, 6) is -5.33. The van der Waals surface area contributed by atoms with Gasteiger partial charge < -0.3 is 20.0 Å². The van der Waals surface area contributed by atoms with E-state index in [1.54, 1.807) is 0 Å². The Labute approximate surface area is 340 Å². The third-order valence-corrected chi connectivity index (χ3v) is 10.1. The zero-order valence-electron chi connectivity index (χ0n) is 34.2. The first-order chi connectivity index (χ1) is 27.6. The molecule has 6 aromatic rings. The third kappa shape index (κ3) is 10.6. The molecule has 10 nitrogen and oxygen atoms in total. The second-order valence-electron chi connectivity index (χ2n) is 15.6. The van der Waals surface area contributed by atoms with E-state index in [1.807, 2.05) is 85.7 Å². The minimum Gasteiger partial charge on any atom is -0.480 e. The molecule has 3 N–H and O–H groups in total. The van der Waals surface area contributed by atoms with Crippen LogP contribution in [-0.4, -0.2) is 36.0 Å². The molecule has 0 aliphatic heterocycles. The van der Waals surface area contributed by atoms with Gasteiger partial charge in [-0.3, -0.25) is 9.59 Å². The number of benzene rings is 4. The highest BCUT2D eigenvalue weighted by atomic mass is 19.2. The maximum Gasteiger partial charge on any atom is 0.323 e. The van der Waals surface area contributed by atoms with Gasteiger partial charge in [-0.25, -0.2) is 27.5 Å². The van der Waals surface area contributed by atoms with Crippen LogP contribution in [0.1, 0.15) is 93.3 Å². The predicted molar refractivity (Wildman–Crippen MR) is 217 cm³/mol. The van der Waals surface area contributed by atoms with Gasteiger partial charge in [0.1, 0.15) is 17.6 Å². The molecule has 2 atom stereocenters. The van der Waals surface area contributed by atoms with Gasteiger partial charge in [-0.2, -0.15) is 10.5 Å². The van der Waals surface area contributed by atoms with Gasteiger partial charge in [0, 0.05) is 12.5 Å². The Morgan fingerprint density at radius 3 is 1.54 bits per heavy atom. The molecule has 308 valence electrons. The molecule has 0 aliphatic rings. The molecule has 14 heteroatoms. The fourth-order valence-electron chi connectivity index (χ4n) is 6.61. The molecule has 0 spiro atoms. The van der Waals surface area contributed by atoms with E-state index >= 15 is 0 Å². The van der Waals surface area contributed by atoms with Gasteiger partial charge in [-0.1, -0.05) is 43.3 Å². The number of carbonyl (C=O) groups is 2. The lowest BCUT2D eigenvalue weighted by Crippen LogP contribution is -2.15. The van der Waals surface area contributed by atoms with Crippen molar-refractivity contribution in [1.29, 1.82) is 10.5 Å². The van der Waals surface area contributed by atoms with Crippen LogP contribution in [0.3, 0.4) is 0 Å². The number of fused-ring (bicyclic) bond motifs is 2. The molecule has 6 rings (SSSR count). The second-order valence-corrected chi connectivity index (χ2v) is 15.6. The van der Waals surface area contributed by atoms with Crippen molar-refractivity contribution in [3.63, 3.8) is 0 Å². The van der Waals surface area contributed by atoms with E-state index in [0.717, 1.165) is 50.1 Å². The quantitative estimate of drug-likeness (QED) is 0.129. The number of hydrogen-bond donors (Lipinski definition) is 2. The van der Waals surface area contributed by atoms with Crippen LogP contribution in [0.2, 0.25) is 0 Å². The third-order valence-electron chi connectivity index (χ3n) is 10.1. The lowest BCUT2D eigenvalue weighted by Gasteiger charge is -2.20. The largest absolute Gasteiger partial charge is 0.480 e. The molecule has 2 aromatic heterocycles. The summed E-state index contributed by atoms with van der Waals surface area (Å²) in [6, 6.07) is 21.3. The van der Waals surface area contributed by atoms with Crippen LogP contribution >= 0.6 is 0 Å². The smallest absolute Gasteiger partial charge is 0.323 e. The molecular weight excluding hydrogens is 763 g/mol. The average Bonchev–Trinajstić information content (AvgIpc) is 3.78. The fraction of sp³-hybridized carbons (Fsp3) is 0.333. The van der Waals surface area contributed by atoms with Gasteiger partial charge in [-0.05, 0) is 112 Å². The lowest BCUT2D eigenvalue weighted by atomic mass is 9.82. The number of halogens is 4. The van der Waals surface area contributed by atoms with Crippen LogP contribution in [0.15, 0.2) is 73.3 Å². The van der Waals surface area contributed by atoms with Gasteiger partial charge in [0.25, 0.3) is 0 Å². The molecule has 0 bridgehead atoms. The number of aromatic nitrogens is 4. The monoisotopic (exact) mass is 809 g/mol. The average molecular weight is 810 g/mol. The molecule has 0 saturated carbocycles. The summed E-state index contributed by atoms with van der Waals surface area (Å²) in [6.45, 7) is 15.0. The number of imidazole rings is 2. The first kappa shape index (κ1) is 45.3. The highest BCUT2D eigenvalue weighted by Crippen LogP contribution is 2.30. The van der Waals surface area contributed by atoms with Crippen molar-refractivity contribution >= 4 is 33.8 Å². The van der Waals surface area contributed by atoms with E-state index in [1.165, 1.54) is 29.4 Å². The zero-order valence-corrected chi connectivity index (χ0v) is 34.2. The number of Topliss-reactive ketones (excluding diaryl/α,β-unsaturated/α-hetero) is 1. The number of nitrogens with zero attached hydrogens (tertiary/aromatic N) is 6. The Bertz CT molecular complexity index is 2600. The Morgan fingerprint density at radius 2 is 1.15 bits per heavy atom. The number of carboxylic acid groups (broad SMARTS) is 1. The van der Waals surface area contributed by atoms with Crippen molar-refractivity contribution < 1.29 is 32.3 Å². The van der Waals surface area contributed by atoms with Gasteiger partial charge in [0.05, 0.1) is 53.2 Å². The predicted octanol–water partition coefficient (Wildman–Crippen LogP) is 9.40. The minimum absolute atomic E-state index is 0.00488. The van der Waals surface area contributed by atoms with Gasteiger partial charge in [0.15, 0.2) is 29.1 Å². The van der Waals surface area contributed by atoms with Crippen LogP contribution in [0.4, 0.5) is 17.6 Å². The number of carbonyl (C=O) groups excluding carboxylic acids is 1. The van der Waals surface area contributed by atoms with Crippen molar-refractivity contribution in [3.8, 4) is 12.1 Å². The number of rotatable bonds is 10. The maximum atomic E-state index is 14.1. The Kier molecular flexibility index (Phi) is 14.2. The summed E-state index contributed by atoms with van der Waals surface area (Å²) >= 11 is 0. The van der Waals surface area contributed by atoms with Crippen molar-refractivity contribution in [2.75, 3.05) is 0 Å². The molecule has 0 fully saturated rings. The van der Waals surface area contributed by atoms with E-state index in [9.17, 15) is 32.4 Å². The Morgan fingerprint density at radius 1 is 0.729 bits per heavy atom. The highest BCUT2D eigenvalue weighted by Gasteiger charge is 2.23. The van der Waals surface area contributed by atoms with Crippen molar-refractivity contribution in [1.82, 2.24) is 19.1 Å². The van der Waals surface area contributed by atoms with Gasteiger partial charge >= 0.3 is 5.97 Å². The summed E-state index contributed by atoms with van der Waals surface area (Å²) < 4.78 is 56.3. The van der Waals surface area contributed by atoms with Crippen molar-refractivity contribution in [2.24, 2.45) is 5.73 Å². The number of aryl methyl sites for hydroxylation is 2. The first-order valence-electron chi connectivity index (χ1n) is 18.7. The second kappa shape index (κ2) is 18.5. The molecule has 4 aromatic carbocycles. The standard InChI is InChI=1S/C23H23F2N3O.C13H18N2.C9H6F2N2O2/c1-14-9-16(23(3,4)12-26)5-6-18(14)15(2)10-17(29)11-28-13-27-20-8-7-19(24)21(25)22(20)28;1-9-7-11(13(3,4)8-14)5-6-12(9)10(2)15;10-5-1-2-6-9(8(5)11)13(4-12-6)3-7(14)15/h5-9,13,15H,10-11H2,1-4H3;5-7,10H,15H2,1-4H3;1-2,4H,3H2,(H,14,15). The zero-order chi connectivity index (χ0) is 44.0. The topological polar surface area (TPSA) is 164 Å². The number of ketones is 1. The van der Waals surface area contributed by atoms with E-state index < -0.39 is 46.6 Å². The lowest BCUT2D eigenvalue weighted by molar-refractivity contribution is -0.137. The number of hydrogen-bond acceptors (Lipinski definition) is 7. The van der Waals surface area contributed by atoms with E-state index in [4.69, 9.17) is 16.1 Å². The SMILES string of the molecule is Cc1cc(C(C)(C)C#N)ccc1C(C)CC(=O)Cn1cnc2ccc(F)c(F)c21.Cc1cc(C(C)(C)C#N)ccc1C(C)N.O=C(O)Cn1cnc2ccc(F)c(F)c21. The number of carboxylic acids is 1. The molecule has 0 radical (unpaired) electrons. The molecule has 0 saturated heterocycles. The first-order valence-corrected chi connectivity index (χ1v) is 18.7. The van der Waals surface area contributed by atoms with E-state index in [0.29, 0.717) is 5.52 Å². The van der Waals surface area contributed by atoms with Crippen LogP contribution in [0, 0.1) is 59.8 Å². The number of nitrogens with two attached hydrogens (primary N) is 1. The molecular formula is C45H47F4N7O3. The van der Waals surface area contributed by atoms with Crippen molar-refractivity contribution in [3.05, 3.63) is 130 Å². The molecule has 2 unspecified atom stereocenters. The molecule has 0 aliphatic carbocycles. The van der Waals surface area contributed by atoms with Crippen LogP contribution in [-0.2, 0) is 33.5 Å². The molecule has 59 heavy (non-hydrogen) atoms. The van der Waals surface area contributed by atoms with E-state index in [-0.39, 0.29) is 47.3 Å².